The lowest BCUT2D eigenvalue weighted by atomic mass is 10.1. The fourth-order valence-corrected chi connectivity index (χ4v) is 2.48. The van der Waals surface area contributed by atoms with Gasteiger partial charge >= 0.3 is 11.9 Å². The van der Waals surface area contributed by atoms with Gasteiger partial charge in [0.05, 0.1) is 36.3 Å². The zero-order chi connectivity index (χ0) is 19.4. The fourth-order valence-electron chi connectivity index (χ4n) is 2.48. The predicted octanol–water partition coefficient (Wildman–Crippen LogP) is -0.0335. The number of carbonyl (C=O) groups is 3. The highest BCUT2D eigenvalue weighted by Gasteiger charge is 2.36. The first-order chi connectivity index (χ1) is 12.3. The lowest BCUT2D eigenvalue weighted by Crippen LogP contribution is -2.31. The molecule has 11 nitrogen and oxygen atoms in total. The van der Waals surface area contributed by atoms with Gasteiger partial charge in [0.2, 0.25) is 0 Å². The Labute approximate surface area is 146 Å². The normalized spacial score (nSPS) is 13.8. The maximum atomic E-state index is 12.5. The summed E-state index contributed by atoms with van der Waals surface area (Å²) in [6, 6.07) is 3.38. The molecule has 138 valence electrons. The largest absolute Gasteiger partial charge is 0.478 e. The highest BCUT2D eigenvalue weighted by atomic mass is 16.6. The van der Waals surface area contributed by atoms with Crippen molar-refractivity contribution in [2.24, 2.45) is 0 Å². The number of rotatable bonds is 7. The van der Waals surface area contributed by atoms with E-state index in [9.17, 15) is 29.6 Å². The fraction of sp³-hybridized carbons (Fsp3) is 0.267. The summed E-state index contributed by atoms with van der Waals surface area (Å²) in [6.45, 7) is -0.621. The molecule has 0 bridgehead atoms. The molecule has 1 heterocycles. The van der Waals surface area contributed by atoms with Crippen molar-refractivity contribution >= 4 is 29.2 Å². The zero-order valence-electron chi connectivity index (χ0n) is 13.6. The van der Waals surface area contributed by atoms with E-state index >= 15 is 0 Å². The molecule has 0 atom stereocenters. The lowest BCUT2D eigenvalue weighted by Gasteiger charge is -2.15. The van der Waals surface area contributed by atoms with E-state index in [-0.39, 0.29) is 31.0 Å². The molecule has 0 saturated heterocycles. The molecule has 1 amide bonds. The topological polar surface area (TPSA) is 159 Å². The first-order valence-electron chi connectivity index (χ1n) is 7.31. The first-order valence-corrected chi connectivity index (χ1v) is 7.31. The molecule has 1 aliphatic heterocycles. The van der Waals surface area contributed by atoms with Crippen molar-refractivity contribution in [2.45, 2.75) is 0 Å². The van der Waals surface area contributed by atoms with Crippen molar-refractivity contribution in [1.82, 2.24) is 4.90 Å². The second-order valence-electron chi connectivity index (χ2n) is 5.18. The summed E-state index contributed by atoms with van der Waals surface area (Å²) in [5.74, 6) is -3.01. The van der Waals surface area contributed by atoms with E-state index in [1.165, 1.54) is 6.07 Å². The van der Waals surface area contributed by atoms with Crippen LogP contribution in [-0.4, -0.2) is 64.7 Å². The standard InChI is InChI=1S/C15H15N3O8/c1-26-15(23)9-7-17(5-6-19)13(20)12(9)16-11-8(14(21)22)3-2-4-10(11)18(24)25/h2-4,16,19H,5-7H2,1H3,(H,21,22). The number of esters is 1. The number of ether oxygens (including phenoxy) is 1. The Morgan fingerprint density at radius 2 is 2.12 bits per heavy atom. The van der Waals surface area contributed by atoms with Crippen molar-refractivity contribution in [2.75, 3.05) is 32.1 Å². The third kappa shape index (κ3) is 3.47. The minimum atomic E-state index is -1.45. The van der Waals surface area contributed by atoms with E-state index in [1.807, 2.05) is 0 Å². The summed E-state index contributed by atoms with van der Waals surface area (Å²) in [5, 5.41) is 31.9. The van der Waals surface area contributed by atoms with Crippen molar-refractivity contribution in [3.8, 4) is 0 Å². The molecule has 0 aliphatic carbocycles. The Hall–Kier alpha value is -3.47. The SMILES string of the molecule is COC(=O)C1=C(Nc2c(C(=O)O)cccc2[N+](=O)[O-])C(=O)N(CCO)C1. The molecule has 3 N–H and O–H groups in total. The lowest BCUT2D eigenvalue weighted by molar-refractivity contribution is -0.384. The van der Waals surface area contributed by atoms with Gasteiger partial charge in [0.25, 0.3) is 11.6 Å². The molecule has 1 aromatic carbocycles. The number of hydrogen-bond donors (Lipinski definition) is 3. The molecular formula is C15H15N3O8. The number of anilines is 1. The number of aliphatic hydroxyl groups is 1. The molecule has 0 fully saturated rings. The molecule has 0 unspecified atom stereocenters. The molecule has 1 aliphatic rings. The number of hydrogen-bond acceptors (Lipinski definition) is 8. The van der Waals surface area contributed by atoms with Crippen molar-refractivity contribution < 1.29 is 34.3 Å². The number of methoxy groups -OCH3 is 1. The number of carbonyl (C=O) groups excluding carboxylic acids is 2. The van der Waals surface area contributed by atoms with E-state index in [4.69, 9.17) is 5.11 Å². The molecule has 0 aromatic heterocycles. The van der Waals surface area contributed by atoms with Crippen LogP contribution in [0.2, 0.25) is 0 Å². The monoisotopic (exact) mass is 365 g/mol. The highest BCUT2D eigenvalue weighted by Crippen LogP contribution is 2.32. The number of amides is 1. The molecule has 0 spiro atoms. The summed E-state index contributed by atoms with van der Waals surface area (Å²) in [7, 11) is 1.10. The number of aromatic carboxylic acids is 1. The van der Waals surface area contributed by atoms with Crippen LogP contribution in [-0.2, 0) is 14.3 Å². The second-order valence-corrected chi connectivity index (χ2v) is 5.18. The number of carboxylic acids is 1. The van der Waals surface area contributed by atoms with Crippen molar-refractivity contribution in [1.29, 1.82) is 0 Å². The van der Waals surface area contributed by atoms with Crippen LogP contribution in [0.3, 0.4) is 0 Å². The Morgan fingerprint density at radius 3 is 2.65 bits per heavy atom. The van der Waals surface area contributed by atoms with E-state index in [0.717, 1.165) is 24.1 Å². The second kappa shape index (κ2) is 7.61. The van der Waals surface area contributed by atoms with Crippen molar-refractivity contribution in [3.05, 3.63) is 45.1 Å². The van der Waals surface area contributed by atoms with Crippen LogP contribution in [0.25, 0.3) is 0 Å². The highest BCUT2D eigenvalue weighted by molar-refractivity contribution is 6.10. The number of β-amino-alcohol motifs (C(OH)–C–C–N with tert-alkyl or cyclic N) is 1. The summed E-state index contributed by atoms with van der Waals surface area (Å²) >= 11 is 0. The van der Waals surface area contributed by atoms with Gasteiger partial charge in [-0.1, -0.05) is 6.07 Å². The number of nitrogens with one attached hydrogen (secondary N) is 1. The molecule has 0 saturated carbocycles. The first kappa shape index (κ1) is 18.9. The maximum absolute atomic E-state index is 12.5. The summed E-state index contributed by atoms with van der Waals surface area (Å²) < 4.78 is 4.60. The van der Waals surface area contributed by atoms with Gasteiger partial charge in [-0.2, -0.15) is 0 Å². The van der Waals surface area contributed by atoms with Gasteiger partial charge < -0.3 is 25.2 Å². The minimum absolute atomic E-state index is 0.0762. The van der Waals surface area contributed by atoms with Crippen molar-refractivity contribution in [3.63, 3.8) is 0 Å². The quantitative estimate of drug-likeness (QED) is 0.342. The van der Waals surface area contributed by atoms with Crippen LogP contribution in [0.1, 0.15) is 10.4 Å². The van der Waals surface area contributed by atoms with E-state index < -0.39 is 39.7 Å². The van der Waals surface area contributed by atoms with Crippen LogP contribution in [0.15, 0.2) is 29.5 Å². The van der Waals surface area contributed by atoms with Gasteiger partial charge in [0, 0.05) is 12.6 Å². The van der Waals surface area contributed by atoms with E-state index in [2.05, 4.69) is 10.1 Å². The van der Waals surface area contributed by atoms with Crippen LogP contribution in [0, 0.1) is 10.1 Å². The van der Waals surface area contributed by atoms with Gasteiger partial charge in [-0.05, 0) is 6.07 Å². The van der Waals surface area contributed by atoms with Gasteiger partial charge in [0.15, 0.2) is 0 Å². The van der Waals surface area contributed by atoms with E-state index in [0.29, 0.717) is 0 Å². The summed E-state index contributed by atoms with van der Waals surface area (Å²) in [5.41, 5.74) is -1.90. The van der Waals surface area contributed by atoms with Crippen LogP contribution >= 0.6 is 0 Å². The number of carboxylic acid groups (broad SMARTS) is 1. The molecule has 26 heavy (non-hydrogen) atoms. The number of nitro groups is 1. The zero-order valence-corrected chi connectivity index (χ0v) is 13.6. The number of para-hydroxylation sites is 1. The van der Waals surface area contributed by atoms with Crippen LogP contribution < -0.4 is 5.32 Å². The Bertz CT molecular complexity index is 785. The average molecular weight is 365 g/mol. The predicted molar refractivity (Wildman–Crippen MR) is 86.4 cm³/mol. The maximum Gasteiger partial charge on any atom is 0.338 e. The Balaban J connectivity index is 2.57. The number of benzene rings is 1. The summed E-state index contributed by atoms with van der Waals surface area (Å²) in [6.07, 6.45) is 0. The molecule has 2 rings (SSSR count). The average Bonchev–Trinajstić information content (AvgIpc) is 2.90. The molecule has 0 radical (unpaired) electrons. The van der Waals surface area contributed by atoms with Gasteiger partial charge in [0.1, 0.15) is 11.4 Å². The van der Waals surface area contributed by atoms with Crippen LogP contribution in [0.4, 0.5) is 11.4 Å². The summed E-state index contributed by atoms with van der Waals surface area (Å²) in [4.78, 5) is 47.3. The Morgan fingerprint density at radius 1 is 1.42 bits per heavy atom. The third-order valence-corrected chi connectivity index (χ3v) is 3.67. The van der Waals surface area contributed by atoms with Gasteiger partial charge in [-0.3, -0.25) is 14.9 Å². The third-order valence-electron chi connectivity index (χ3n) is 3.67. The van der Waals surface area contributed by atoms with E-state index in [1.54, 1.807) is 0 Å². The van der Waals surface area contributed by atoms with Gasteiger partial charge in [-0.15, -0.1) is 0 Å². The minimum Gasteiger partial charge on any atom is -0.478 e. The smallest absolute Gasteiger partial charge is 0.338 e. The Kier molecular flexibility index (Phi) is 5.52. The molecular weight excluding hydrogens is 350 g/mol. The number of nitro benzene ring substituents is 1. The van der Waals surface area contributed by atoms with Crippen LogP contribution in [0.5, 0.6) is 0 Å². The number of nitrogens with zero attached hydrogens (tertiary/aromatic N) is 2. The van der Waals surface area contributed by atoms with Gasteiger partial charge in [-0.25, -0.2) is 9.59 Å². The molecule has 1 aromatic rings. The molecule has 11 heteroatoms. The number of aliphatic hydroxyl groups excluding tert-OH is 1.